The van der Waals surface area contributed by atoms with Gasteiger partial charge in [0.15, 0.2) is 5.82 Å². The smallest absolute Gasteiger partial charge is 0.416 e. The van der Waals surface area contributed by atoms with Crippen LogP contribution in [0.1, 0.15) is 56.0 Å². The van der Waals surface area contributed by atoms with Gasteiger partial charge in [-0.3, -0.25) is 14.3 Å². The zero-order valence-electron chi connectivity index (χ0n) is 21.8. The van der Waals surface area contributed by atoms with Crippen LogP contribution in [0.5, 0.6) is 0 Å². The van der Waals surface area contributed by atoms with Crippen molar-refractivity contribution in [1.29, 1.82) is 5.26 Å². The zero-order chi connectivity index (χ0) is 28.5. The van der Waals surface area contributed by atoms with Crippen molar-refractivity contribution < 1.29 is 23.1 Å². The Morgan fingerprint density at radius 2 is 1.77 bits per heavy atom. The van der Waals surface area contributed by atoms with E-state index in [9.17, 15) is 33.1 Å². The lowest BCUT2D eigenvalue weighted by Crippen LogP contribution is -2.59. The molecule has 3 heterocycles. The number of benzene rings is 1. The second-order valence-corrected chi connectivity index (χ2v) is 9.66. The number of piperazine rings is 1. The first-order valence-electron chi connectivity index (χ1n) is 12.7. The van der Waals surface area contributed by atoms with E-state index in [4.69, 9.17) is 0 Å². The van der Waals surface area contributed by atoms with E-state index in [0.29, 0.717) is 48.3 Å². The van der Waals surface area contributed by atoms with E-state index in [1.165, 1.54) is 22.8 Å². The number of hydrogen-bond acceptors (Lipinski definition) is 7. The lowest BCUT2D eigenvalue weighted by Gasteiger charge is -2.49. The Kier molecular flexibility index (Phi) is 7.92. The summed E-state index contributed by atoms with van der Waals surface area (Å²) in [5.74, 6) is -0.697. The Hall–Kier alpha value is -3.98. The number of nitrogens with zero attached hydrogens (tertiary/aromatic N) is 6. The van der Waals surface area contributed by atoms with Crippen molar-refractivity contribution in [2.24, 2.45) is 7.05 Å². The number of aromatic nitrogens is 3. The number of hydrogen-bond donors (Lipinski definition) is 1. The van der Waals surface area contributed by atoms with Crippen molar-refractivity contribution in [3.05, 3.63) is 63.7 Å². The molecule has 12 heteroatoms. The van der Waals surface area contributed by atoms with Gasteiger partial charge in [-0.2, -0.15) is 23.4 Å². The molecule has 2 aromatic heterocycles. The number of carboxylic acids is 1. The van der Waals surface area contributed by atoms with Gasteiger partial charge in [0.05, 0.1) is 17.5 Å². The van der Waals surface area contributed by atoms with Crippen LogP contribution in [0.2, 0.25) is 0 Å². The monoisotopic (exact) mass is 542 g/mol. The van der Waals surface area contributed by atoms with Gasteiger partial charge in [-0.15, -0.1) is 0 Å². The summed E-state index contributed by atoms with van der Waals surface area (Å²) >= 11 is 0. The van der Waals surface area contributed by atoms with E-state index in [1.54, 1.807) is 13.1 Å². The molecule has 206 valence electrons. The number of nitriles is 1. The number of fused-ring (bicyclic) bond motifs is 1. The first kappa shape index (κ1) is 28.0. The molecule has 3 aromatic rings. The number of aliphatic carboxylic acids is 1. The second kappa shape index (κ2) is 11.0. The zero-order valence-corrected chi connectivity index (χ0v) is 21.8. The van der Waals surface area contributed by atoms with Crippen LogP contribution in [-0.4, -0.2) is 55.7 Å². The van der Waals surface area contributed by atoms with Crippen LogP contribution in [0.4, 0.5) is 19.0 Å². The average Bonchev–Trinajstić information content (AvgIpc) is 2.92. The minimum atomic E-state index is -4.49. The number of carboxylic acid groups (broad SMARTS) is 1. The van der Waals surface area contributed by atoms with Gasteiger partial charge < -0.3 is 10.0 Å². The Morgan fingerprint density at radius 1 is 1.10 bits per heavy atom. The first-order valence-corrected chi connectivity index (χ1v) is 12.7. The standard InChI is InChI=1S/C27H29F3N6O3/c1-4-19-15-36(25-24-21(34(3)26(39)33-25)11-10-18(13-31)32-24)20(5-2)14-35(19)22(12-23(37)38)16-6-8-17(9-7-16)27(28,29)30/h6-11,19-20,22H,4-5,12,14-15H2,1-3H3,(H,37,38)/t19-,20?,22?/m1/s1. The van der Waals surface area contributed by atoms with Gasteiger partial charge in [-0.1, -0.05) is 26.0 Å². The summed E-state index contributed by atoms with van der Waals surface area (Å²) in [6, 6.07) is 8.83. The number of halogens is 3. The highest BCUT2D eigenvalue weighted by atomic mass is 19.4. The van der Waals surface area contributed by atoms with Crippen molar-refractivity contribution in [2.45, 2.75) is 57.4 Å². The molecule has 0 bridgehead atoms. The van der Waals surface area contributed by atoms with Gasteiger partial charge >= 0.3 is 17.8 Å². The second-order valence-electron chi connectivity index (χ2n) is 9.66. The molecule has 0 amide bonds. The highest BCUT2D eigenvalue weighted by Gasteiger charge is 2.39. The van der Waals surface area contributed by atoms with Gasteiger partial charge in [-0.25, -0.2) is 9.78 Å². The fourth-order valence-corrected chi connectivity index (χ4v) is 5.28. The molecule has 4 rings (SSSR count). The van der Waals surface area contributed by atoms with E-state index in [2.05, 4.69) is 9.97 Å². The normalized spacial score (nSPS) is 19.2. The summed E-state index contributed by atoms with van der Waals surface area (Å²) < 4.78 is 40.8. The van der Waals surface area contributed by atoms with Crippen molar-refractivity contribution in [3.63, 3.8) is 0 Å². The largest absolute Gasteiger partial charge is 0.481 e. The number of rotatable bonds is 7. The van der Waals surface area contributed by atoms with E-state index in [0.717, 1.165) is 12.1 Å². The molecule has 1 fully saturated rings. The predicted molar refractivity (Wildman–Crippen MR) is 138 cm³/mol. The molecule has 0 radical (unpaired) electrons. The summed E-state index contributed by atoms with van der Waals surface area (Å²) in [6.07, 6.45) is -3.54. The molecule has 1 aliphatic rings. The Labute approximate surface area is 223 Å². The summed E-state index contributed by atoms with van der Waals surface area (Å²) in [5, 5.41) is 19.1. The Morgan fingerprint density at radius 3 is 2.33 bits per heavy atom. The van der Waals surface area contributed by atoms with Gasteiger partial charge in [0.1, 0.15) is 17.3 Å². The third-order valence-corrected chi connectivity index (χ3v) is 7.39. The van der Waals surface area contributed by atoms with Gasteiger partial charge in [0.2, 0.25) is 0 Å². The van der Waals surface area contributed by atoms with Crippen LogP contribution in [0.25, 0.3) is 11.0 Å². The lowest BCUT2D eigenvalue weighted by atomic mass is 9.94. The van der Waals surface area contributed by atoms with Gasteiger partial charge in [0, 0.05) is 38.3 Å². The SMILES string of the molecule is CCC1CN(C(CC(=O)O)c2ccc(C(F)(F)F)cc2)[C@H](CC)CN1c1nc(=O)n(C)c2ccc(C#N)nc12. The van der Waals surface area contributed by atoms with Crippen LogP contribution in [0.3, 0.4) is 0 Å². The van der Waals surface area contributed by atoms with Crippen LogP contribution in [0.15, 0.2) is 41.2 Å². The quantitative estimate of drug-likeness (QED) is 0.474. The number of anilines is 1. The maximum Gasteiger partial charge on any atom is 0.416 e. The van der Waals surface area contributed by atoms with Crippen molar-refractivity contribution in [3.8, 4) is 6.07 Å². The molecule has 0 spiro atoms. The Balaban J connectivity index is 1.76. The summed E-state index contributed by atoms with van der Waals surface area (Å²) in [7, 11) is 1.58. The summed E-state index contributed by atoms with van der Waals surface area (Å²) in [5.41, 5.74) is 0.362. The molecule has 3 atom stereocenters. The number of alkyl halides is 3. The van der Waals surface area contributed by atoms with Crippen molar-refractivity contribution >= 4 is 22.8 Å². The van der Waals surface area contributed by atoms with Crippen molar-refractivity contribution in [2.75, 3.05) is 18.0 Å². The lowest BCUT2D eigenvalue weighted by molar-refractivity contribution is -0.139. The molecule has 1 aliphatic heterocycles. The fourth-order valence-electron chi connectivity index (χ4n) is 5.28. The first-order chi connectivity index (χ1) is 18.5. The van der Waals surface area contributed by atoms with Gasteiger partial charge in [0.25, 0.3) is 0 Å². The third kappa shape index (κ3) is 5.59. The Bertz CT molecular complexity index is 1470. The van der Waals surface area contributed by atoms with E-state index in [1.807, 2.05) is 29.7 Å². The van der Waals surface area contributed by atoms with Crippen LogP contribution in [-0.2, 0) is 18.0 Å². The van der Waals surface area contributed by atoms with Crippen LogP contribution >= 0.6 is 0 Å². The third-order valence-electron chi connectivity index (χ3n) is 7.39. The molecular weight excluding hydrogens is 513 g/mol. The minimum Gasteiger partial charge on any atom is -0.481 e. The van der Waals surface area contributed by atoms with E-state index < -0.39 is 29.4 Å². The van der Waals surface area contributed by atoms with Crippen LogP contribution < -0.4 is 10.6 Å². The minimum absolute atomic E-state index is 0.187. The molecule has 39 heavy (non-hydrogen) atoms. The summed E-state index contributed by atoms with van der Waals surface area (Å²) in [4.78, 5) is 37.4. The maximum absolute atomic E-state index is 13.2. The topological polar surface area (TPSA) is 115 Å². The number of carbonyl (C=O) groups is 1. The van der Waals surface area contributed by atoms with Crippen molar-refractivity contribution in [1.82, 2.24) is 19.4 Å². The molecule has 9 nitrogen and oxygen atoms in total. The molecule has 1 saturated heterocycles. The predicted octanol–water partition coefficient (Wildman–Crippen LogP) is 4.11. The molecule has 2 unspecified atom stereocenters. The van der Waals surface area contributed by atoms with Crippen LogP contribution in [0, 0.1) is 11.3 Å². The van der Waals surface area contributed by atoms with Gasteiger partial charge in [-0.05, 0) is 42.7 Å². The highest BCUT2D eigenvalue weighted by Crippen LogP contribution is 2.36. The fraction of sp³-hybridized carbons (Fsp3) is 0.444. The molecule has 0 saturated carbocycles. The number of aryl methyl sites for hydroxylation is 1. The molecule has 0 aliphatic carbocycles. The molecule has 1 N–H and O–H groups in total. The number of pyridine rings is 1. The molecular formula is C27H29F3N6O3. The average molecular weight is 543 g/mol. The summed E-state index contributed by atoms with van der Waals surface area (Å²) in [6.45, 7) is 4.70. The van der Waals surface area contributed by atoms with E-state index in [-0.39, 0.29) is 24.2 Å². The maximum atomic E-state index is 13.2. The molecule has 1 aromatic carbocycles. The van der Waals surface area contributed by atoms with E-state index >= 15 is 0 Å². The highest BCUT2D eigenvalue weighted by molar-refractivity contribution is 5.86.